The van der Waals surface area contributed by atoms with Gasteiger partial charge in [0.2, 0.25) is 5.78 Å². The average molecular weight is 182 g/mol. The molecular formula is C9H10O4. The van der Waals surface area contributed by atoms with Crippen molar-refractivity contribution in [1.82, 2.24) is 0 Å². The Balaban J connectivity index is 2.85. The Morgan fingerprint density at radius 1 is 1.15 bits per heavy atom. The van der Waals surface area contributed by atoms with Gasteiger partial charge < -0.3 is 9.47 Å². The Bertz CT molecular complexity index is 299. The van der Waals surface area contributed by atoms with Crippen molar-refractivity contribution in [3.63, 3.8) is 0 Å². The van der Waals surface area contributed by atoms with E-state index in [2.05, 4.69) is 0 Å². The summed E-state index contributed by atoms with van der Waals surface area (Å²) in [5.41, 5.74) is 0.355. The quantitative estimate of drug-likeness (QED) is 0.587. The van der Waals surface area contributed by atoms with Crippen LogP contribution in [0.25, 0.3) is 0 Å². The number of carbonyl (C=O) groups excluding carboxylic acids is 2. The third-order valence-electron chi connectivity index (χ3n) is 1.65. The zero-order valence-corrected chi connectivity index (χ0v) is 7.49. The van der Waals surface area contributed by atoms with E-state index in [0.717, 1.165) is 0 Å². The Morgan fingerprint density at radius 3 is 2.38 bits per heavy atom. The fourth-order valence-corrected chi connectivity index (χ4v) is 1.01. The van der Waals surface area contributed by atoms with Gasteiger partial charge in [0.15, 0.2) is 11.5 Å². The van der Waals surface area contributed by atoms with Crippen LogP contribution in [0.5, 0.6) is 0 Å². The number of carbonyl (C=O) groups is 2. The lowest BCUT2D eigenvalue weighted by Gasteiger charge is -2.09. The number of hydrogen-bond acceptors (Lipinski definition) is 4. The van der Waals surface area contributed by atoms with Crippen molar-refractivity contribution in [1.29, 1.82) is 0 Å². The van der Waals surface area contributed by atoms with Gasteiger partial charge in [0.25, 0.3) is 0 Å². The molecule has 1 rings (SSSR count). The fourth-order valence-electron chi connectivity index (χ4n) is 1.01. The Kier molecular flexibility index (Phi) is 2.97. The Morgan fingerprint density at radius 2 is 1.85 bits per heavy atom. The molecule has 0 aromatic heterocycles. The van der Waals surface area contributed by atoms with Crippen molar-refractivity contribution in [3.05, 3.63) is 23.5 Å². The van der Waals surface area contributed by atoms with Crippen LogP contribution >= 0.6 is 0 Å². The van der Waals surface area contributed by atoms with E-state index >= 15 is 0 Å². The number of allylic oxidation sites excluding steroid dienone is 2. The van der Waals surface area contributed by atoms with E-state index in [1.165, 1.54) is 26.4 Å². The van der Waals surface area contributed by atoms with Crippen LogP contribution < -0.4 is 0 Å². The molecule has 13 heavy (non-hydrogen) atoms. The largest absolute Gasteiger partial charge is 0.493 e. The van der Waals surface area contributed by atoms with Gasteiger partial charge in [0.1, 0.15) is 0 Å². The van der Waals surface area contributed by atoms with Crippen molar-refractivity contribution in [2.75, 3.05) is 20.8 Å². The van der Waals surface area contributed by atoms with Crippen LogP contribution in [0.3, 0.4) is 0 Å². The molecule has 0 unspecified atom stereocenters. The van der Waals surface area contributed by atoms with Gasteiger partial charge in [-0.15, -0.1) is 0 Å². The zero-order valence-electron chi connectivity index (χ0n) is 7.49. The van der Waals surface area contributed by atoms with Gasteiger partial charge in [0, 0.05) is 18.8 Å². The van der Waals surface area contributed by atoms with Gasteiger partial charge in [-0.1, -0.05) is 0 Å². The minimum absolute atomic E-state index is 0.0739. The Labute approximate surface area is 75.8 Å². The number of methoxy groups -OCH3 is 2. The van der Waals surface area contributed by atoms with Crippen LogP contribution in [-0.2, 0) is 19.1 Å². The number of rotatable bonds is 3. The summed E-state index contributed by atoms with van der Waals surface area (Å²) in [5.74, 6) is -0.461. The highest BCUT2D eigenvalue weighted by molar-refractivity contribution is 6.19. The molecule has 0 aromatic rings. The highest BCUT2D eigenvalue weighted by Crippen LogP contribution is 2.12. The van der Waals surface area contributed by atoms with Gasteiger partial charge in [-0.2, -0.15) is 0 Å². The van der Waals surface area contributed by atoms with Crippen LogP contribution in [0.4, 0.5) is 0 Å². The average Bonchev–Trinajstić information content (AvgIpc) is 2.11. The van der Waals surface area contributed by atoms with Crippen LogP contribution in [-0.4, -0.2) is 32.4 Å². The molecule has 0 bridgehead atoms. The first-order chi connectivity index (χ1) is 6.19. The van der Waals surface area contributed by atoms with Crippen molar-refractivity contribution in [2.45, 2.75) is 0 Å². The summed E-state index contributed by atoms with van der Waals surface area (Å²) in [5, 5.41) is 0. The second-order valence-electron chi connectivity index (χ2n) is 2.54. The predicted molar refractivity (Wildman–Crippen MR) is 45.1 cm³/mol. The van der Waals surface area contributed by atoms with E-state index in [1.807, 2.05) is 0 Å². The maximum atomic E-state index is 11.2. The molecule has 4 heteroatoms. The molecule has 70 valence electrons. The smallest absolute Gasteiger partial charge is 0.220 e. The molecule has 0 fully saturated rings. The molecule has 0 aliphatic heterocycles. The van der Waals surface area contributed by atoms with Gasteiger partial charge >= 0.3 is 0 Å². The molecule has 0 amide bonds. The fraction of sp³-hybridized carbons (Fsp3) is 0.333. The number of ketones is 2. The van der Waals surface area contributed by atoms with Crippen LogP contribution in [0.2, 0.25) is 0 Å². The topological polar surface area (TPSA) is 52.6 Å². The summed E-state index contributed by atoms with van der Waals surface area (Å²) in [6, 6.07) is 0. The maximum absolute atomic E-state index is 11.2. The third kappa shape index (κ3) is 2.03. The van der Waals surface area contributed by atoms with E-state index in [0.29, 0.717) is 5.57 Å². The molecule has 0 saturated carbocycles. The maximum Gasteiger partial charge on any atom is 0.220 e. The zero-order chi connectivity index (χ0) is 9.84. The van der Waals surface area contributed by atoms with E-state index in [4.69, 9.17) is 9.47 Å². The van der Waals surface area contributed by atoms with E-state index < -0.39 is 0 Å². The number of hydrogen-bond donors (Lipinski definition) is 0. The summed E-state index contributed by atoms with van der Waals surface area (Å²) in [7, 11) is 2.82. The molecule has 0 N–H and O–H groups in total. The normalized spacial score (nSPS) is 16.8. The van der Waals surface area contributed by atoms with Crippen molar-refractivity contribution < 1.29 is 19.1 Å². The predicted octanol–water partition coefficient (Wildman–Crippen LogP) is 0.241. The standard InChI is InChI=1S/C9H10O4/c1-12-5-6-3-8(11)9(13-2)4-7(6)10/h3-4H,5H2,1-2H3. The van der Waals surface area contributed by atoms with Crippen LogP contribution in [0, 0.1) is 0 Å². The van der Waals surface area contributed by atoms with E-state index in [9.17, 15) is 9.59 Å². The summed E-state index contributed by atoms with van der Waals surface area (Å²) in [6.45, 7) is 0.151. The van der Waals surface area contributed by atoms with Crippen LogP contribution in [0.15, 0.2) is 23.5 Å². The minimum atomic E-state index is -0.297. The first kappa shape index (κ1) is 9.67. The first-order valence-corrected chi connectivity index (χ1v) is 3.73. The van der Waals surface area contributed by atoms with Gasteiger partial charge in [-0.3, -0.25) is 9.59 Å². The molecule has 0 spiro atoms. The third-order valence-corrected chi connectivity index (χ3v) is 1.65. The molecule has 0 heterocycles. The molecule has 1 aliphatic rings. The van der Waals surface area contributed by atoms with Crippen molar-refractivity contribution in [3.8, 4) is 0 Å². The summed E-state index contributed by atoms with van der Waals surface area (Å²) in [4.78, 5) is 22.4. The molecule has 1 aliphatic carbocycles. The second-order valence-corrected chi connectivity index (χ2v) is 2.54. The molecule has 0 atom stereocenters. The Hall–Kier alpha value is -1.42. The van der Waals surface area contributed by atoms with E-state index in [-0.39, 0.29) is 23.9 Å². The lowest BCUT2D eigenvalue weighted by Crippen LogP contribution is -2.16. The molecule has 0 aromatic carbocycles. The molecule has 0 radical (unpaired) electrons. The van der Waals surface area contributed by atoms with Crippen LogP contribution in [0.1, 0.15) is 0 Å². The second kappa shape index (κ2) is 4.00. The van der Waals surface area contributed by atoms with Gasteiger partial charge in [-0.25, -0.2) is 0 Å². The van der Waals surface area contributed by atoms with Crippen molar-refractivity contribution >= 4 is 11.6 Å². The van der Waals surface area contributed by atoms with Gasteiger partial charge in [0.05, 0.1) is 13.7 Å². The molecule has 0 saturated heterocycles. The SMILES string of the molecule is COCC1=CC(=O)C(OC)=CC1=O. The summed E-state index contributed by atoms with van der Waals surface area (Å²) < 4.78 is 9.46. The highest BCUT2D eigenvalue weighted by atomic mass is 16.5. The minimum Gasteiger partial charge on any atom is -0.493 e. The van der Waals surface area contributed by atoms with Crippen molar-refractivity contribution in [2.24, 2.45) is 0 Å². The summed E-state index contributed by atoms with van der Waals surface area (Å²) in [6.07, 6.45) is 2.42. The van der Waals surface area contributed by atoms with E-state index in [1.54, 1.807) is 0 Å². The lowest BCUT2D eigenvalue weighted by atomic mass is 10.0. The summed E-state index contributed by atoms with van der Waals surface area (Å²) >= 11 is 0. The first-order valence-electron chi connectivity index (χ1n) is 3.73. The monoisotopic (exact) mass is 182 g/mol. The molecule has 4 nitrogen and oxygen atoms in total. The van der Waals surface area contributed by atoms with Gasteiger partial charge in [-0.05, 0) is 6.08 Å². The molecular weight excluding hydrogens is 172 g/mol. The highest BCUT2D eigenvalue weighted by Gasteiger charge is 2.20. The number of ether oxygens (including phenoxy) is 2. The lowest BCUT2D eigenvalue weighted by molar-refractivity contribution is -0.117.